The average Bonchev–Trinajstić information content (AvgIpc) is 2.37. The summed E-state index contributed by atoms with van der Waals surface area (Å²) in [5.74, 6) is 0.845. The van der Waals surface area contributed by atoms with Crippen molar-refractivity contribution in [3.05, 3.63) is 23.8 Å². The molecule has 1 heterocycles. The van der Waals surface area contributed by atoms with Crippen LogP contribution in [0.5, 0.6) is 0 Å². The van der Waals surface area contributed by atoms with Gasteiger partial charge >= 0.3 is 0 Å². The average molecular weight is 263 g/mol. The summed E-state index contributed by atoms with van der Waals surface area (Å²) in [7, 11) is 0. The minimum absolute atomic E-state index is 0.296. The van der Waals surface area contributed by atoms with Crippen LogP contribution in [0.2, 0.25) is 0 Å². The van der Waals surface area contributed by atoms with Gasteiger partial charge in [0.15, 0.2) is 0 Å². The molecule has 0 aliphatic carbocycles. The van der Waals surface area contributed by atoms with Crippen molar-refractivity contribution in [2.75, 3.05) is 6.54 Å². The molecule has 3 heteroatoms. The molecule has 1 rings (SSSR count). The number of hydrogen-bond acceptors (Lipinski definition) is 3. The summed E-state index contributed by atoms with van der Waals surface area (Å²) in [6, 6.07) is 0.296. The Hall–Kier alpha value is -0.960. The smallest absolute Gasteiger partial charge is 0.0782 e. The van der Waals surface area contributed by atoms with Crippen LogP contribution in [0.25, 0.3) is 0 Å². The van der Waals surface area contributed by atoms with Gasteiger partial charge in [0.25, 0.3) is 0 Å². The second kappa shape index (κ2) is 9.03. The van der Waals surface area contributed by atoms with Gasteiger partial charge in [0.1, 0.15) is 0 Å². The normalized spacial score (nSPS) is 12.9. The van der Waals surface area contributed by atoms with Crippen molar-refractivity contribution in [1.82, 2.24) is 15.3 Å². The zero-order valence-corrected chi connectivity index (χ0v) is 12.9. The van der Waals surface area contributed by atoms with E-state index in [9.17, 15) is 0 Å². The highest BCUT2D eigenvalue weighted by molar-refractivity contribution is 5.12. The molecule has 0 saturated heterocycles. The first-order valence-corrected chi connectivity index (χ1v) is 7.62. The number of nitrogens with one attached hydrogen (secondary N) is 1. The lowest BCUT2D eigenvalue weighted by Crippen LogP contribution is -2.21. The van der Waals surface area contributed by atoms with Crippen LogP contribution in [-0.4, -0.2) is 16.5 Å². The fourth-order valence-corrected chi connectivity index (χ4v) is 2.29. The summed E-state index contributed by atoms with van der Waals surface area (Å²) >= 11 is 0. The first-order chi connectivity index (χ1) is 9.11. The number of hydrogen-bond donors (Lipinski definition) is 1. The third-order valence-electron chi connectivity index (χ3n) is 3.49. The summed E-state index contributed by atoms with van der Waals surface area (Å²) in [6.45, 7) is 9.85. The van der Waals surface area contributed by atoms with Gasteiger partial charge in [-0.25, -0.2) is 0 Å². The lowest BCUT2D eigenvalue weighted by molar-refractivity contribution is 0.494. The lowest BCUT2D eigenvalue weighted by atomic mass is 10.0. The molecule has 1 unspecified atom stereocenters. The molecule has 0 radical (unpaired) electrons. The standard InChI is InChI=1S/C16H29N3/c1-13(2)9-7-5-6-8-10-17-14(3)16-15(4)18-11-12-19-16/h11-14,17H,5-10H2,1-4H3. The van der Waals surface area contributed by atoms with Crippen LogP contribution in [0.4, 0.5) is 0 Å². The molecular weight excluding hydrogens is 234 g/mol. The Bertz CT molecular complexity index is 350. The molecule has 0 amide bonds. The Morgan fingerprint density at radius 3 is 2.37 bits per heavy atom. The van der Waals surface area contributed by atoms with E-state index in [1.165, 1.54) is 32.1 Å². The van der Waals surface area contributed by atoms with Crippen LogP contribution in [0.3, 0.4) is 0 Å². The first-order valence-electron chi connectivity index (χ1n) is 7.62. The largest absolute Gasteiger partial charge is 0.309 e. The van der Waals surface area contributed by atoms with Gasteiger partial charge < -0.3 is 5.32 Å². The molecular formula is C16H29N3. The number of aryl methyl sites for hydroxylation is 1. The molecule has 1 aromatic rings. The van der Waals surface area contributed by atoms with E-state index in [-0.39, 0.29) is 0 Å². The van der Waals surface area contributed by atoms with E-state index in [1.807, 2.05) is 6.92 Å². The quantitative estimate of drug-likeness (QED) is 0.683. The lowest BCUT2D eigenvalue weighted by Gasteiger charge is -2.14. The van der Waals surface area contributed by atoms with Gasteiger partial charge in [-0.15, -0.1) is 0 Å². The maximum absolute atomic E-state index is 4.40. The van der Waals surface area contributed by atoms with Gasteiger partial charge in [-0.05, 0) is 32.7 Å². The predicted molar refractivity (Wildman–Crippen MR) is 81.1 cm³/mol. The Labute approximate surface area is 118 Å². The van der Waals surface area contributed by atoms with E-state index in [2.05, 4.69) is 36.1 Å². The van der Waals surface area contributed by atoms with E-state index >= 15 is 0 Å². The van der Waals surface area contributed by atoms with Crippen molar-refractivity contribution in [3.63, 3.8) is 0 Å². The summed E-state index contributed by atoms with van der Waals surface area (Å²) in [6.07, 6.45) is 10.2. The highest BCUT2D eigenvalue weighted by Gasteiger charge is 2.08. The fourth-order valence-electron chi connectivity index (χ4n) is 2.29. The van der Waals surface area contributed by atoms with Crippen LogP contribution in [0, 0.1) is 12.8 Å². The van der Waals surface area contributed by atoms with Crippen molar-refractivity contribution in [1.29, 1.82) is 0 Å². The molecule has 0 fully saturated rings. The zero-order chi connectivity index (χ0) is 14.1. The van der Waals surface area contributed by atoms with Crippen LogP contribution < -0.4 is 5.32 Å². The van der Waals surface area contributed by atoms with Gasteiger partial charge in [0.2, 0.25) is 0 Å². The van der Waals surface area contributed by atoms with Gasteiger partial charge in [0, 0.05) is 18.4 Å². The Balaban J connectivity index is 2.11. The fraction of sp³-hybridized carbons (Fsp3) is 0.750. The Morgan fingerprint density at radius 1 is 1.00 bits per heavy atom. The molecule has 1 N–H and O–H groups in total. The summed E-state index contributed by atoms with van der Waals surface area (Å²) in [5.41, 5.74) is 2.10. The predicted octanol–water partition coefficient (Wildman–Crippen LogP) is 4.04. The summed E-state index contributed by atoms with van der Waals surface area (Å²) < 4.78 is 0. The van der Waals surface area contributed by atoms with Gasteiger partial charge in [-0.3, -0.25) is 9.97 Å². The van der Waals surface area contributed by atoms with Crippen molar-refractivity contribution in [3.8, 4) is 0 Å². The van der Waals surface area contributed by atoms with Gasteiger partial charge in [0.05, 0.1) is 11.4 Å². The number of rotatable bonds is 9. The molecule has 1 aromatic heterocycles. The number of unbranched alkanes of at least 4 members (excludes halogenated alkanes) is 3. The third kappa shape index (κ3) is 6.67. The van der Waals surface area contributed by atoms with E-state index in [0.717, 1.165) is 23.9 Å². The van der Waals surface area contributed by atoms with Crippen LogP contribution in [0.15, 0.2) is 12.4 Å². The number of aromatic nitrogens is 2. The summed E-state index contributed by atoms with van der Waals surface area (Å²) in [4.78, 5) is 8.68. The maximum Gasteiger partial charge on any atom is 0.0782 e. The maximum atomic E-state index is 4.40. The molecule has 0 bridgehead atoms. The second-order valence-corrected chi connectivity index (χ2v) is 5.80. The SMILES string of the molecule is Cc1nccnc1C(C)NCCCCCCC(C)C. The Kier molecular flexibility index (Phi) is 7.65. The topological polar surface area (TPSA) is 37.8 Å². The van der Waals surface area contributed by atoms with Crippen molar-refractivity contribution < 1.29 is 0 Å². The Morgan fingerprint density at radius 2 is 1.68 bits per heavy atom. The van der Waals surface area contributed by atoms with E-state index < -0.39 is 0 Å². The summed E-state index contributed by atoms with van der Waals surface area (Å²) in [5, 5.41) is 3.54. The molecule has 0 aliphatic rings. The molecule has 0 saturated carbocycles. The minimum Gasteiger partial charge on any atom is -0.309 e. The van der Waals surface area contributed by atoms with E-state index in [4.69, 9.17) is 0 Å². The van der Waals surface area contributed by atoms with E-state index in [1.54, 1.807) is 12.4 Å². The molecule has 19 heavy (non-hydrogen) atoms. The van der Waals surface area contributed by atoms with Crippen LogP contribution in [-0.2, 0) is 0 Å². The minimum atomic E-state index is 0.296. The molecule has 1 atom stereocenters. The first kappa shape index (κ1) is 16.1. The van der Waals surface area contributed by atoms with Crippen LogP contribution >= 0.6 is 0 Å². The highest BCUT2D eigenvalue weighted by atomic mass is 14.9. The molecule has 0 aliphatic heterocycles. The van der Waals surface area contributed by atoms with Crippen molar-refractivity contribution in [2.24, 2.45) is 5.92 Å². The van der Waals surface area contributed by atoms with Gasteiger partial charge in [-0.2, -0.15) is 0 Å². The van der Waals surface area contributed by atoms with Crippen molar-refractivity contribution in [2.45, 2.75) is 65.8 Å². The number of nitrogens with zero attached hydrogens (tertiary/aromatic N) is 2. The van der Waals surface area contributed by atoms with Gasteiger partial charge in [-0.1, -0.05) is 39.5 Å². The molecule has 108 valence electrons. The highest BCUT2D eigenvalue weighted by Crippen LogP contribution is 2.12. The van der Waals surface area contributed by atoms with E-state index in [0.29, 0.717) is 6.04 Å². The molecule has 3 nitrogen and oxygen atoms in total. The second-order valence-electron chi connectivity index (χ2n) is 5.80. The molecule has 0 spiro atoms. The molecule has 0 aromatic carbocycles. The third-order valence-corrected chi connectivity index (χ3v) is 3.49. The van der Waals surface area contributed by atoms with Crippen LogP contribution in [0.1, 0.15) is 70.3 Å². The zero-order valence-electron chi connectivity index (χ0n) is 12.9. The van der Waals surface area contributed by atoms with Crippen molar-refractivity contribution >= 4 is 0 Å². The monoisotopic (exact) mass is 263 g/mol.